The smallest absolute Gasteiger partial charge is 0.370 e. The highest BCUT2D eigenvalue weighted by molar-refractivity contribution is 7.39. The first-order valence-electron chi connectivity index (χ1n) is 22.7. The van der Waals surface area contributed by atoms with Crippen LogP contribution in [0.15, 0.2) is 42.5 Å². The first-order chi connectivity index (χ1) is 32.9. The standard InChI is InChI=1S/C46H54F2N9O11P/c1-55-21-19-29-12-15-37(57(29)45(65)35(25-55)53-41(61)34-23-27-22-28(11-13-32(27)51-34)46(47,48)68-69(66)67)43(63)52-33(14-17-38(49)58)40(60)50-20-6-4-2-3-5-8-26-9-7-10-30-31(26)24-56(44(30)64)36-16-18-39(59)54-42(36)62/h7,9-11,13,22-23,29,33,35-37,51,66-67H,2-4,6,12,14-21,24-25H2,1H3,(H2,49,58)(H,50,60)(H,52,63)(H,53,61)(H,54,59,62)/t29-,33+,35+,36?,37+/m1/s1. The van der Waals surface area contributed by atoms with Gasteiger partial charge >= 0.3 is 14.7 Å². The summed E-state index contributed by atoms with van der Waals surface area (Å²) in [5, 5.41) is 10.8. The fourth-order valence-corrected chi connectivity index (χ4v) is 9.57. The number of nitrogens with two attached hydrogens (primary N) is 1. The minimum Gasteiger partial charge on any atom is -0.370 e. The van der Waals surface area contributed by atoms with Crippen molar-refractivity contribution >= 4 is 66.8 Å². The highest BCUT2D eigenvalue weighted by Gasteiger charge is 2.46. The number of benzene rings is 2. The molecule has 2 aromatic carbocycles. The van der Waals surface area contributed by atoms with Crippen LogP contribution in [0.4, 0.5) is 8.78 Å². The molecule has 20 nitrogen and oxygen atoms in total. The minimum atomic E-state index is -4.02. The molecule has 1 unspecified atom stereocenters. The quantitative estimate of drug-likeness (QED) is 0.0414. The van der Waals surface area contributed by atoms with Gasteiger partial charge in [-0.3, -0.25) is 43.7 Å². The molecule has 0 spiro atoms. The molecule has 9 N–H and O–H groups in total. The van der Waals surface area contributed by atoms with Crippen molar-refractivity contribution in [3.05, 3.63) is 70.4 Å². The van der Waals surface area contributed by atoms with Crippen molar-refractivity contribution in [2.24, 2.45) is 5.73 Å². The molecule has 5 atom stereocenters. The van der Waals surface area contributed by atoms with E-state index in [1.807, 2.05) is 11.0 Å². The van der Waals surface area contributed by atoms with Crippen molar-refractivity contribution in [1.29, 1.82) is 0 Å². The van der Waals surface area contributed by atoms with E-state index >= 15 is 0 Å². The Morgan fingerprint density at radius 3 is 2.58 bits per heavy atom. The van der Waals surface area contributed by atoms with Crippen LogP contribution in [0.1, 0.15) is 108 Å². The number of amides is 8. The number of rotatable bonds is 17. The van der Waals surface area contributed by atoms with E-state index in [-0.39, 0.29) is 80.7 Å². The van der Waals surface area contributed by atoms with E-state index in [0.29, 0.717) is 61.7 Å². The molecule has 3 saturated heterocycles. The second-order valence-corrected chi connectivity index (χ2v) is 18.3. The van der Waals surface area contributed by atoms with Crippen LogP contribution in [0.2, 0.25) is 0 Å². The Morgan fingerprint density at radius 2 is 1.83 bits per heavy atom. The molecule has 1 aromatic heterocycles. The number of likely N-dealkylation sites (N-methyl/N-ethyl adjacent to an activating group) is 1. The lowest BCUT2D eigenvalue weighted by Gasteiger charge is -2.37. The number of H-pyrrole nitrogens is 1. The van der Waals surface area contributed by atoms with Crippen molar-refractivity contribution < 1.29 is 61.4 Å². The largest absolute Gasteiger partial charge is 0.389 e. The van der Waals surface area contributed by atoms with Crippen LogP contribution in [-0.2, 0) is 45.9 Å². The van der Waals surface area contributed by atoms with Gasteiger partial charge in [-0.15, -0.1) is 0 Å². The molecule has 5 heterocycles. The average molecular weight is 978 g/mol. The molecule has 7 rings (SSSR count). The second kappa shape index (κ2) is 21.9. The van der Waals surface area contributed by atoms with Crippen molar-refractivity contribution in [3.63, 3.8) is 0 Å². The Hall–Kier alpha value is -6.37. The van der Waals surface area contributed by atoms with Crippen LogP contribution in [0.5, 0.6) is 0 Å². The number of hydrogen-bond acceptors (Lipinski definition) is 12. The van der Waals surface area contributed by atoms with Gasteiger partial charge in [0.05, 0.1) is 5.56 Å². The molecule has 3 aromatic rings. The molecular formula is C46H54F2N9O11P. The molecule has 4 aliphatic rings. The maximum Gasteiger partial charge on any atom is 0.389 e. The number of aromatic amines is 1. The molecule has 23 heteroatoms. The van der Waals surface area contributed by atoms with Crippen LogP contribution >= 0.6 is 8.60 Å². The number of alkyl halides is 2. The minimum absolute atomic E-state index is 0.0481. The zero-order chi connectivity index (χ0) is 49.6. The summed E-state index contributed by atoms with van der Waals surface area (Å²) in [5.74, 6) is 2.11. The number of imide groups is 1. The summed E-state index contributed by atoms with van der Waals surface area (Å²) in [6.45, 7) is 1.10. The molecule has 0 saturated carbocycles. The van der Waals surface area contributed by atoms with Gasteiger partial charge in [0.25, 0.3) is 11.8 Å². The predicted molar refractivity (Wildman–Crippen MR) is 243 cm³/mol. The summed E-state index contributed by atoms with van der Waals surface area (Å²) in [6.07, 6.45) is -0.0889. The Labute approximate surface area is 396 Å². The van der Waals surface area contributed by atoms with Crippen LogP contribution < -0.4 is 27.0 Å². The number of primary amides is 1. The molecule has 0 aliphatic carbocycles. The maximum atomic E-state index is 14.4. The molecule has 69 heavy (non-hydrogen) atoms. The number of nitrogens with one attached hydrogen (secondary N) is 5. The monoisotopic (exact) mass is 977 g/mol. The van der Waals surface area contributed by atoms with E-state index in [0.717, 1.165) is 17.7 Å². The van der Waals surface area contributed by atoms with Crippen LogP contribution in [-0.4, -0.2) is 134 Å². The molecule has 8 amide bonds. The van der Waals surface area contributed by atoms with Crippen molar-refractivity contribution in [2.75, 3.05) is 26.7 Å². The number of halogens is 2. The van der Waals surface area contributed by atoms with Crippen molar-refractivity contribution in [1.82, 2.24) is 41.0 Å². The number of piperidine rings is 1. The first kappa shape index (κ1) is 50.5. The van der Waals surface area contributed by atoms with Gasteiger partial charge in [0.2, 0.25) is 35.4 Å². The van der Waals surface area contributed by atoms with E-state index in [1.165, 1.54) is 21.9 Å². The molecule has 3 fully saturated rings. The van der Waals surface area contributed by atoms with E-state index in [4.69, 9.17) is 15.5 Å². The number of carbonyl (C=O) groups excluding carboxylic acids is 8. The molecular weight excluding hydrogens is 924 g/mol. The molecule has 0 radical (unpaired) electrons. The third-order valence-corrected chi connectivity index (χ3v) is 13.2. The van der Waals surface area contributed by atoms with Gasteiger partial charge in [-0.2, -0.15) is 8.78 Å². The third-order valence-electron chi connectivity index (χ3n) is 12.8. The van der Waals surface area contributed by atoms with Crippen LogP contribution in [0.3, 0.4) is 0 Å². The summed E-state index contributed by atoms with van der Waals surface area (Å²) in [4.78, 5) is 130. The Bertz CT molecular complexity index is 2580. The number of hydrogen-bond donors (Lipinski definition) is 8. The molecule has 4 aliphatic heterocycles. The van der Waals surface area contributed by atoms with Crippen molar-refractivity contribution in [2.45, 2.75) is 113 Å². The summed E-state index contributed by atoms with van der Waals surface area (Å²) in [6, 6.07) is 5.50. The molecule has 368 valence electrons. The van der Waals surface area contributed by atoms with Crippen LogP contribution in [0.25, 0.3) is 10.9 Å². The fourth-order valence-electron chi connectivity index (χ4n) is 9.26. The lowest BCUT2D eigenvalue weighted by atomic mass is 10.0. The number of unbranched alkanes of at least 4 members (excludes halogenated alkanes) is 3. The predicted octanol–water partition coefficient (Wildman–Crippen LogP) is 1.48. The summed E-state index contributed by atoms with van der Waals surface area (Å²) < 4.78 is 32.8. The SMILES string of the molecule is CN1CC[C@H]2CC[C@@H](C(=O)N[C@@H](CCC(N)=O)C(=O)NCCCCCC#Cc3cccc4c3CN(C3CCC(=O)NC3=O)C4=O)N2C(=O)[C@@H](NC(=O)c2cc3cc(C(F)(F)OP(O)O)ccc3[nH]2)C1. The Kier molecular flexibility index (Phi) is 16.1. The lowest BCUT2D eigenvalue weighted by Crippen LogP contribution is -2.61. The number of fused-ring (bicyclic) bond motifs is 3. The summed E-state index contributed by atoms with van der Waals surface area (Å²) >= 11 is 0. The topological polar surface area (TPSA) is 286 Å². The lowest BCUT2D eigenvalue weighted by molar-refractivity contribution is -0.189. The molecule has 0 bridgehead atoms. The number of nitrogens with zero attached hydrogens (tertiary/aromatic N) is 3. The van der Waals surface area contributed by atoms with Gasteiger partial charge in [-0.05, 0) is 100 Å². The number of aromatic nitrogens is 1. The van der Waals surface area contributed by atoms with Gasteiger partial charge < -0.3 is 51.2 Å². The van der Waals surface area contributed by atoms with Crippen LogP contribution in [0, 0.1) is 11.8 Å². The zero-order valence-electron chi connectivity index (χ0n) is 37.7. The zero-order valence-corrected chi connectivity index (χ0v) is 38.6. The van der Waals surface area contributed by atoms with Gasteiger partial charge in [0.15, 0.2) is 0 Å². The summed E-state index contributed by atoms with van der Waals surface area (Å²) in [7, 11) is -1.57. The third kappa shape index (κ3) is 12.1. The van der Waals surface area contributed by atoms with E-state index in [2.05, 4.69) is 42.6 Å². The van der Waals surface area contributed by atoms with Gasteiger partial charge in [0.1, 0.15) is 29.9 Å². The van der Waals surface area contributed by atoms with E-state index < -0.39 is 79.9 Å². The second-order valence-electron chi connectivity index (χ2n) is 17.6. The van der Waals surface area contributed by atoms with Crippen molar-refractivity contribution in [3.8, 4) is 11.8 Å². The maximum absolute atomic E-state index is 14.4. The van der Waals surface area contributed by atoms with E-state index in [9.17, 15) is 47.1 Å². The highest BCUT2D eigenvalue weighted by Crippen LogP contribution is 2.42. The highest BCUT2D eigenvalue weighted by atomic mass is 31.2. The number of carbonyl (C=O) groups is 8. The fraction of sp³-hybridized carbons (Fsp3) is 0.478. The Morgan fingerprint density at radius 1 is 1.03 bits per heavy atom. The normalized spacial score (nSPS) is 21.2. The first-order valence-corrected chi connectivity index (χ1v) is 23.9. The Balaban J connectivity index is 0.917. The van der Waals surface area contributed by atoms with Gasteiger partial charge in [0, 0.05) is 67.0 Å². The average Bonchev–Trinajstić information content (AvgIpc) is 4.02. The summed E-state index contributed by atoms with van der Waals surface area (Å²) in [5.41, 5.74) is 6.89. The van der Waals surface area contributed by atoms with Gasteiger partial charge in [-0.25, -0.2) is 4.52 Å². The van der Waals surface area contributed by atoms with Gasteiger partial charge in [-0.1, -0.05) is 24.3 Å². The van der Waals surface area contributed by atoms with E-state index in [1.54, 1.807) is 19.2 Å².